The lowest BCUT2D eigenvalue weighted by molar-refractivity contribution is -0.144. The summed E-state index contributed by atoms with van der Waals surface area (Å²) in [6.45, 7) is 9.24. The van der Waals surface area contributed by atoms with Crippen LogP contribution in [0.15, 0.2) is 29.2 Å². The zero-order chi connectivity index (χ0) is 26.6. The molecule has 0 spiro atoms. The highest BCUT2D eigenvalue weighted by Gasteiger charge is 2.60. The van der Waals surface area contributed by atoms with E-state index in [0.29, 0.717) is 35.5 Å². The number of rotatable bonds is 6. The van der Waals surface area contributed by atoms with Gasteiger partial charge >= 0.3 is 5.97 Å². The first-order chi connectivity index (χ1) is 17.5. The van der Waals surface area contributed by atoms with Crippen molar-refractivity contribution < 1.29 is 22.1 Å². The molecule has 4 aliphatic carbocycles. The zero-order valence-corrected chi connectivity index (χ0v) is 24.2. The van der Waals surface area contributed by atoms with Gasteiger partial charge in [0.15, 0.2) is 0 Å². The van der Waals surface area contributed by atoms with Gasteiger partial charge in [-0.2, -0.15) is 8.42 Å². The second-order valence-electron chi connectivity index (χ2n) is 13.4. The smallest absolute Gasteiger partial charge is 0.305 e. The summed E-state index contributed by atoms with van der Waals surface area (Å²) in [6.07, 6.45) is 10.5. The van der Waals surface area contributed by atoms with Gasteiger partial charge in [-0.25, -0.2) is 0 Å². The van der Waals surface area contributed by atoms with Crippen molar-refractivity contribution in [1.29, 1.82) is 0 Å². The third kappa shape index (κ3) is 4.79. The standard InChI is InChI=1S/C31H46O5S/c1-20-6-9-24(10-7-20)37(33,34)36-23-14-16-30(3)22(19-23)8-11-25-27-13-12-26(21(2)18-29(32)35-5)31(27,4)17-15-28(25)30/h6-7,9-10,21-23,25-28H,8,11-19H2,1-5H3/t21-,22+,23+,25+,26-,27+,28+,30+,31-/m1/s1. The summed E-state index contributed by atoms with van der Waals surface area (Å²) in [5.41, 5.74) is 1.63. The molecule has 0 aromatic heterocycles. The summed E-state index contributed by atoms with van der Waals surface area (Å²) in [6, 6.07) is 6.97. The van der Waals surface area contributed by atoms with Crippen molar-refractivity contribution in [1.82, 2.24) is 0 Å². The second kappa shape index (κ2) is 9.97. The number of hydrogen-bond donors (Lipinski definition) is 0. The van der Waals surface area contributed by atoms with E-state index in [0.717, 1.165) is 36.7 Å². The average molecular weight is 531 g/mol. The predicted molar refractivity (Wildman–Crippen MR) is 144 cm³/mol. The van der Waals surface area contributed by atoms with Crippen LogP contribution in [0.2, 0.25) is 0 Å². The van der Waals surface area contributed by atoms with Crippen LogP contribution in [0.5, 0.6) is 0 Å². The van der Waals surface area contributed by atoms with Crippen molar-refractivity contribution in [3.8, 4) is 0 Å². The minimum absolute atomic E-state index is 0.0790. The van der Waals surface area contributed by atoms with Crippen molar-refractivity contribution in [3.05, 3.63) is 29.8 Å². The highest BCUT2D eigenvalue weighted by Crippen LogP contribution is 2.68. The van der Waals surface area contributed by atoms with E-state index in [1.165, 1.54) is 45.6 Å². The van der Waals surface area contributed by atoms with Crippen LogP contribution in [0.1, 0.15) is 90.5 Å². The van der Waals surface area contributed by atoms with Gasteiger partial charge in [0, 0.05) is 6.42 Å². The van der Waals surface area contributed by atoms with Crippen LogP contribution in [0, 0.1) is 53.3 Å². The summed E-state index contributed by atoms with van der Waals surface area (Å²) >= 11 is 0. The zero-order valence-electron chi connectivity index (χ0n) is 23.4. The molecule has 4 saturated carbocycles. The van der Waals surface area contributed by atoms with Crippen LogP contribution in [-0.4, -0.2) is 27.6 Å². The van der Waals surface area contributed by atoms with E-state index >= 15 is 0 Å². The molecular weight excluding hydrogens is 484 g/mol. The first-order valence-electron chi connectivity index (χ1n) is 14.5. The normalized spacial score (nSPS) is 40.2. The Balaban J connectivity index is 1.27. The van der Waals surface area contributed by atoms with Crippen molar-refractivity contribution in [2.75, 3.05) is 7.11 Å². The van der Waals surface area contributed by atoms with Crippen molar-refractivity contribution in [2.24, 2.45) is 46.3 Å². The number of benzene rings is 1. The maximum Gasteiger partial charge on any atom is 0.305 e. The molecule has 0 unspecified atom stereocenters. The molecule has 4 aliphatic rings. The highest BCUT2D eigenvalue weighted by molar-refractivity contribution is 7.86. The molecular formula is C31H46O5S. The van der Waals surface area contributed by atoms with E-state index in [4.69, 9.17) is 8.92 Å². The number of aryl methyl sites for hydroxylation is 1. The molecule has 0 aliphatic heterocycles. The van der Waals surface area contributed by atoms with E-state index in [-0.39, 0.29) is 22.4 Å². The van der Waals surface area contributed by atoms with Crippen molar-refractivity contribution in [2.45, 2.75) is 103 Å². The van der Waals surface area contributed by atoms with Gasteiger partial charge in [0.25, 0.3) is 10.1 Å². The molecule has 0 N–H and O–H groups in total. The molecule has 6 heteroatoms. The summed E-state index contributed by atoms with van der Waals surface area (Å²) in [4.78, 5) is 12.3. The SMILES string of the molecule is COC(=O)C[C@@H](C)[C@H]1CC[C@H]2[C@@H]3CC[C@H]4C[C@@H](OS(=O)(=O)c5ccc(C)cc5)CC[C@]4(C)[C@H]3CC[C@]12C. The molecule has 0 amide bonds. The number of esters is 1. The Morgan fingerprint density at radius 1 is 0.973 bits per heavy atom. The molecule has 37 heavy (non-hydrogen) atoms. The number of ether oxygens (including phenoxy) is 1. The van der Waals surface area contributed by atoms with Gasteiger partial charge in [-0.15, -0.1) is 0 Å². The van der Waals surface area contributed by atoms with E-state index in [1.54, 1.807) is 12.1 Å². The molecule has 1 aromatic rings. The number of methoxy groups -OCH3 is 1. The number of carbonyl (C=O) groups is 1. The lowest BCUT2D eigenvalue weighted by Crippen LogP contribution is -2.54. The second-order valence-corrected chi connectivity index (χ2v) is 15.0. The fraction of sp³-hybridized carbons (Fsp3) is 0.774. The number of fused-ring (bicyclic) bond motifs is 5. The van der Waals surface area contributed by atoms with Gasteiger partial charge in [0.2, 0.25) is 0 Å². The van der Waals surface area contributed by atoms with E-state index in [9.17, 15) is 13.2 Å². The molecule has 1 aromatic carbocycles. The minimum Gasteiger partial charge on any atom is -0.469 e. The maximum absolute atomic E-state index is 13.0. The molecule has 0 heterocycles. The fourth-order valence-electron chi connectivity index (χ4n) is 9.71. The summed E-state index contributed by atoms with van der Waals surface area (Å²) in [7, 11) is -2.24. The van der Waals surface area contributed by atoms with Gasteiger partial charge in [0.1, 0.15) is 0 Å². The minimum atomic E-state index is -3.74. The van der Waals surface area contributed by atoms with Crippen LogP contribution >= 0.6 is 0 Å². The molecule has 0 saturated heterocycles. The molecule has 4 fully saturated rings. The molecule has 9 atom stereocenters. The maximum atomic E-state index is 13.0. The van der Waals surface area contributed by atoms with Crippen LogP contribution in [0.3, 0.4) is 0 Å². The summed E-state index contributed by atoms with van der Waals surface area (Å²) in [5, 5.41) is 0. The topological polar surface area (TPSA) is 69.7 Å². The Morgan fingerprint density at radius 2 is 1.65 bits per heavy atom. The van der Waals surface area contributed by atoms with Crippen LogP contribution in [-0.2, 0) is 23.8 Å². The van der Waals surface area contributed by atoms with Gasteiger partial charge in [-0.05, 0) is 123 Å². The third-order valence-electron chi connectivity index (χ3n) is 11.7. The first-order valence-corrected chi connectivity index (χ1v) is 16.0. The van der Waals surface area contributed by atoms with Crippen LogP contribution in [0.25, 0.3) is 0 Å². The van der Waals surface area contributed by atoms with Crippen LogP contribution in [0.4, 0.5) is 0 Å². The summed E-state index contributed by atoms with van der Waals surface area (Å²) < 4.78 is 36.7. The number of carbonyl (C=O) groups excluding carboxylic acids is 1. The Kier molecular flexibility index (Phi) is 7.32. The number of hydrogen-bond acceptors (Lipinski definition) is 5. The van der Waals surface area contributed by atoms with E-state index in [1.807, 2.05) is 19.1 Å². The van der Waals surface area contributed by atoms with Crippen molar-refractivity contribution >= 4 is 16.1 Å². The molecule has 206 valence electrons. The Hall–Kier alpha value is -1.40. The van der Waals surface area contributed by atoms with Gasteiger partial charge < -0.3 is 4.74 Å². The quantitative estimate of drug-likeness (QED) is 0.295. The predicted octanol–water partition coefficient (Wildman–Crippen LogP) is 6.93. The lowest BCUT2D eigenvalue weighted by atomic mass is 9.44. The molecule has 0 bridgehead atoms. The molecule has 5 nitrogen and oxygen atoms in total. The van der Waals surface area contributed by atoms with E-state index in [2.05, 4.69) is 20.8 Å². The average Bonchev–Trinajstić information content (AvgIpc) is 3.21. The van der Waals surface area contributed by atoms with Crippen LogP contribution < -0.4 is 0 Å². The largest absolute Gasteiger partial charge is 0.469 e. The first kappa shape index (κ1) is 27.2. The fourth-order valence-corrected chi connectivity index (χ4v) is 10.8. The van der Waals surface area contributed by atoms with E-state index < -0.39 is 10.1 Å². The molecule has 0 radical (unpaired) electrons. The van der Waals surface area contributed by atoms with Crippen molar-refractivity contribution in [3.63, 3.8) is 0 Å². The molecule has 5 rings (SSSR count). The summed E-state index contributed by atoms with van der Waals surface area (Å²) in [5.74, 6) is 3.63. The Morgan fingerprint density at radius 3 is 2.35 bits per heavy atom. The highest BCUT2D eigenvalue weighted by atomic mass is 32.2. The Bertz CT molecular complexity index is 1100. The monoisotopic (exact) mass is 530 g/mol. The lowest BCUT2D eigenvalue weighted by Gasteiger charge is -2.61. The van der Waals surface area contributed by atoms with Gasteiger partial charge in [-0.3, -0.25) is 8.98 Å². The van der Waals surface area contributed by atoms with Gasteiger partial charge in [0.05, 0.1) is 18.1 Å². The van der Waals surface area contributed by atoms with Gasteiger partial charge in [-0.1, -0.05) is 38.5 Å². The third-order valence-corrected chi connectivity index (χ3v) is 13.0. The Labute approximate surface area is 224 Å².